The van der Waals surface area contributed by atoms with E-state index in [1.807, 2.05) is 0 Å². The maximum atomic E-state index is 12.9. The van der Waals surface area contributed by atoms with Crippen molar-refractivity contribution in [3.05, 3.63) is 64.9 Å². The van der Waals surface area contributed by atoms with Gasteiger partial charge in [0.1, 0.15) is 11.9 Å². The van der Waals surface area contributed by atoms with Crippen LogP contribution in [0.2, 0.25) is 5.02 Å². The first-order chi connectivity index (χ1) is 11.7. The van der Waals surface area contributed by atoms with E-state index in [-0.39, 0.29) is 12.4 Å². The number of nitrogens with one attached hydrogen (secondary N) is 1. The second-order valence-corrected chi connectivity index (χ2v) is 7.85. The number of amides is 1. The smallest absolute Gasteiger partial charge is 0.243 e. The van der Waals surface area contributed by atoms with Crippen molar-refractivity contribution in [2.24, 2.45) is 0 Å². The SMILES string of the molecule is CC(C(=O)NCc1ccc(F)cc1)N(c1cccc(Cl)c1)S(C)(=O)=O. The Balaban J connectivity index is 2.17. The summed E-state index contributed by atoms with van der Waals surface area (Å²) in [6.07, 6.45) is 1.03. The zero-order valence-corrected chi connectivity index (χ0v) is 15.3. The summed E-state index contributed by atoms with van der Waals surface area (Å²) in [4.78, 5) is 12.4. The van der Waals surface area contributed by atoms with Gasteiger partial charge in [0.15, 0.2) is 0 Å². The third kappa shape index (κ3) is 5.17. The molecule has 0 radical (unpaired) electrons. The lowest BCUT2D eigenvalue weighted by Gasteiger charge is -2.28. The molecule has 0 aliphatic rings. The molecule has 1 atom stereocenters. The zero-order valence-electron chi connectivity index (χ0n) is 13.7. The molecule has 1 unspecified atom stereocenters. The van der Waals surface area contributed by atoms with Gasteiger partial charge in [-0.25, -0.2) is 12.8 Å². The lowest BCUT2D eigenvalue weighted by atomic mass is 10.2. The van der Waals surface area contributed by atoms with E-state index >= 15 is 0 Å². The standard InChI is InChI=1S/C17H18ClFN2O3S/c1-12(17(22)20-11-13-6-8-15(19)9-7-13)21(25(2,23)24)16-5-3-4-14(18)10-16/h3-10,12H,11H2,1-2H3,(H,20,22). The topological polar surface area (TPSA) is 66.5 Å². The summed E-state index contributed by atoms with van der Waals surface area (Å²) in [5.41, 5.74) is 1.01. The highest BCUT2D eigenvalue weighted by Gasteiger charge is 2.29. The molecule has 1 N–H and O–H groups in total. The Hall–Kier alpha value is -2.12. The molecule has 0 saturated heterocycles. The molecule has 0 bridgehead atoms. The number of benzene rings is 2. The summed E-state index contributed by atoms with van der Waals surface area (Å²) in [6.45, 7) is 1.65. The summed E-state index contributed by atoms with van der Waals surface area (Å²) >= 11 is 5.92. The number of hydrogen-bond donors (Lipinski definition) is 1. The van der Waals surface area contributed by atoms with Crippen LogP contribution < -0.4 is 9.62 Å². The van der Waals surface area contributed by atoms with Gasteiger partial charge in [0, 0.05) is 11.6 Å². The molecule has 2 rings (SSSR count). The molecule has 0 heterocycles. The molecule has 0 fully saturated rings. The third-order valence-electron chi connectivity index (χ3n) is 3.53. The van der Waals surface area contributed by atoms with Gasteiger partial charge in [0.05, 0.1) is 11.9 Å². The number of sulfonamides is 1. The van der Waals surface area contributed by atoms with Crippen LogP contribution in [0.15, 0.2) is 48.5 Å². The van der Waals surface area contributed by atoms with Crippen molar-refractivity contribution in [2.75, 3.05) is 10.6 Å². The molecule has 2 aromatic rings. The fourth-order valence-electron chi connectivity index (χ4n) is 2.36. The average molecular weight is 385 g/mol. The first kappa shape index (κ1) is 19.2. The van der Waals surface area contributed by atoms with Crippen LogP contribution in [0.5, 0.6) is 0 Å². The number of nitrogens with zero attached hydrogens (tertiary/aromatic N) is 1. The second-order valence-electron chi connectivity index (χ2n) is 5.56. The largest absolute Gasteiger partial charge is 0.350 e. The Labute approximate surface area is 151 Å². The Bertz CT molecular complexity index is 856. The van der Waals surface area contributed by atoms with Gasteiger partial charge in [0.2, 0.25) is 15.9 Å². The number of hydrogen-bond acceptors (Lipinski definition) is 3. The van der Waals surface area contributed by atoms with Gasteiger partial charge >= 0.3 is 0 Å². The summed E-state index contributed by atoms with van der Waals surface area (Å²) in [7, 11) is -3.70. The predicted octanol–water partition coefficient (Wildman–Crippen LogP) is 2.95. The Kier molecular flexibility index (Phi) is 6.02. The second kappa shape index (κ2) is 7.84. The van der Waals surface area contributed by atoms with Gasteiger partial charge in [-0.1, -0.05) is 29.8 Å². The average Bonchev–Trinajstić information content (AvgIpc) is 2.53. The van der Waals surface area contributed by atoms with E-state index in [2.05, 4.69) is 5.32 Å². The molecule has 134 valence electrons. The van der Waals surface area contributed by atoms with Crippen molar-refractivity contribution in [1.29, 1.82) is 0 Å². The Morgan fingerprint density at radius 1 is 1.24 bits per heavy atom. The van der Waals surface area contributed by atoms with Crippen molar-refractivity contribution < 1.29 is 17.6 Å². The van der Waals surface area contributed by atoms with E-state index in [1.165, 1.54) is 25.1 Å². The minimum absolute atomic E-state index is 0.163. The third-order valence-corrected chi connectivity index (χ3v) is 5.01. The minimum Gasteiger partial charge on any atom is -0.350 e. The molecular formula is C17H18ClFN2O3S. The van der Waals surface area contributed by atoms with Gasteiger partial charge in [-0.2, -0.15) is 0 Å². The molecule has 8 heteroatoms. The number of carbonyl (C=O) groups is 1. The van der Waals surface area contributed by atoms with Crippen LogP contribution in [-0.4, -0.2) is 26.6 Å². The lowest BCUT2D eigenvalue weighted by molar-refractivity contribution is -0.122. The zero-order chi connectivity index (χ0) is 18.6. The van der Waals surface area contributed by atoms with Crippen molar-refractivity contribution in [3.8, 4) is 0 Å². The summed E-state index contributed by atoms with van der Waals surface area (Å²) < 4.78 is 38.2. The molecule has 0 aliphatic carbocycles. The molecule has 0 aliphatic heterocycles. The highest BCUT2D eigenvalue weighted by molar-refractivity contribution is 7.92. The molecule has 2 aromatic carbocycles. The van der Waals surface area contributed by atoms with E-state index in [1.54, 1.807) is 30.3 Å². The fraction of sp³-hybridized carbons (Fsp3) is 0.235. The molecule has 5 nitrogen and oxygen atoms in total. The summed E-state index contributed by atoms with van der Waals surface area (Å²) in [5, 5.41) is 3.02. The molecule has 0 spiro atoms. The van der Waals surface area contributed by atoms with Crippen LogP contribution in [0.1, 0.15) is 12.5 Å². The van der Waals surface area contributed by atoms with Crippen LogP contribution in [0, 0.1) is 5.82 Å². The molecule has 0 aromatic heterocycles. The molecular weight excluding hydrogens is 367 g/mol. The normalized spacial score (nSPS) is 12.5. The monoisotopic (exact) mass is 384 g/mol. The minimum atomic E-state index is -3.70. The van der Waals surface area contributed by atoms with E-state index in [9.17, 15) is 17.6 Å². The van der Waals surface area contributed by atoms with Gasteiger partial charge in [-0.15, -0.1) is 0 Å². The van der Waals surface area contributed by atoms with Crippen molar-refractivity contribution in [2.45, 2.75) is 19.5 Å². The highest BCUT2D eigenvalue weighted by atomic mass is 35.5. The first-order valence-corrected chi connectivity index (χ1v) is 9.68. The fourth-order valence-corrected chi connectivity index (χ4v) is 3.71. The molecule has 1 amide bonds. The van der Waals surface area contributed by atoms with Crippen LogP contribution in [0.3, 0.4) is 0 Å². The van der Waals surface area contributed by atoms with E-state index in [0.717, 1.165) is 10.6 Å². The van der Waals surface area contributed by atoms with E-state index in [0.29, 0.717) is 16.3 Å². The van der Waals surface area contributed by atoms with Gasteiger partial charge in [0.25, 0.3) is 0 Å². The first-order valence-electron chi connectivity index (χ1n) is 7.45. The maximum absolute atomic E-state index is 12.9. The molecule has 0 saturated carbocycles. The van der Waals surface area contributed by atoms with Gasteiger partial charge in [-0.3, -0.25) is 9.10 Å². The quantitative estimate of drug-likeness (QED) is 0.832. The highest BCUT2D eigenvalue weighted by Crippen LogP contribution is 2.24. The summed E-state index contributed by atoms with van der Waals surface area (Å²) in [6, 6.07) is 11.0. The maximum Gasteiger partial charge on any atom is 0.243 e. The van der Waals surface area contributed by atoms with E-state index in [4.69, 9.17) is 11.6 Å². The van der Waals surface area contributed by atoms with Crippen LogP contribution in [0.25, 0.3) is 0 Å². The van der Waals surface area contributed by atoms with Crippen molar-refractivity contribution in [3.63, 3.8) is 0 Å². The number of rotatable bonds is 6. The predicted molar refractivity (Wildman–Crippen MR) is 96.5 cm³/mol. The van der Waals surface area contributed by atoms with Crippen LogP contribution in [0.4, 0.5) is 10.1 Å². The summed E-state index contributed by atoms with van der Waals surface area (Å²) in [5.74, 6) is -0.845. The van der Waals surface area contributed by atoms with Gasteiger partial charge < -0.3 is 5.32 Å². The van der Waals surface area contributed by atoms with E-state index < -0.39 is 22.0 Å². The van der Waals surface area contributed by atoms with Crippen molar-refractivity contribution >= 4 is 33.2 Å². The van der Waals surface area contributed by atoms with Crippen molar-refractivity contribution in [1.82, 2.24) is 5.32 Å². The number of anilines is 1. The number of carbonyl (C=O) groups excluding carboxylic acids is 1. The van der Waals surface area contributed by atoms with Gasteiger partial charge in [-0.05, 0) is 42.8 Å². The Morgan fingerprint density at radius 2 is 1.88 bits per heavy atom. The number of halogens is 2. The lowest BCUT2D eigenvalue weighted by Crippen LogP contribution is -2.47. The van der Waals surface area contributed by atoms with Crippen LogP contribution >= 0.6 is 11.6 Å². The van der Waals surface area contributed by atoms with Crippen LogP contribution in [-0.2, 0) is 21.4 Å². The Morgan fingerprint density at radius 3 is 2.44 bits per heavy atom. The molecule has 25 heavy (non-hydrogen) atoms.